The lowest BCUT2D eigenvalue weighted by molar-refractivity contribution is -0.387. The molecule has 1 amide bonds. The Morgan fingerprint density at radius 3 is 2.80 bits per heavy atom. The van der Waals surface area contributed by atoms with Gasteiger partial charge >= 0.3 is 5.69 Å². The fourth-order valence-corrected chi connectivity index (χ4v) is 2.16. The Kier molecular flexibility index (Phi) is 3.93. The molecule has 1 unspecified atom stereocenters. The molecule has 0 aromatic heterocycles. The highest BCUT2D eigenvalue weighted by Gasteiger charge is 2.30. The normalized spacial score (nSPS) is 18.9. The number of carbonyl (C=O) groups is 1. The second-order valence-corrected chi connectivity index (χ2v) is 4.60. The molecule has 1 aliphatic heterocycles. The monoisotopic (exact) mass is 285 g/mol. The number of carbonyl (C=O) groups excluding carboxylic acids is 1. The third-order valence-electron chi connectivity index (χ3n) is 3.21. The van der Waals surface area contributed by atoms with Crippen molar-refractivity contribution in [3.05, 3.63) is 39.4 Å². The van der Waals surface area contributed by atoms with E-state index >= 15 is 0 Å². The summed E-state index contributed by atoms with van der Waals surface area (Å²) in [5.74, 6) is -3.05. The fraction of sp³-hybridized carbons (Fsp3) is 0.417. The van der Waals surface area contributed by atoms with Crippen LogP contribution in [0.15, 0.2) is 12.1 Å². The Morgan fingerprint density at radius 1 is 1.50 bits per heavy atom. The summed E-state index contributed by atoms with van der Waals surface area (Å²) in [5, 5.41) is 13.7. The van der Waals surface area contributed by atoms with Crippen LogP contribution >= 0.6 is 0 Å². The van der Waals surface area contributed by atoms with E-state index in [2.05, 4.69) is 5.32 Å². The van der Waals surface area contributed by atoms with Gasteiger partial charge in [0.2, 0.25) is 5.82 Å². The van der Waals surface area contributed by atoms with Crippen molar-refractivity contribution >= 4 is 11.6 Å². The van der Waals surface area contributed by atoms with Gasteiger partial charge in [-0.2, -0.15) is 4.39 Å². The number of nitrogens with one attached hydrogen (secondary N) is 1. The maximum absolute atomic E-state index is 14.0. The summed E-state index contributed by atoms with van der Waals surface area (Å²) in [6.07, 6.45) is 0. The van der Waals surface area contributed by atoms with Crippen molar-refractivity contribution in [2.24, 2.45) is 0 Å². The van der Waals surface area contributed by atoms with Crippen LogP contribution in [0.1, 0.15) is 17.3 Å². The zero-order valence-corrected chi connectivity index (χ0v) is 10.7. The van der Waals surface area contributed by atoms with Crippen LogP contribution in [0.3, 0.4) is 0 Å². The number of amides is 1. The molecule has 1 aromatic carbocycles. The first-order valence-electron chi connectivity index (χ1n) is 6.07. The second kappa shape index (κ2) is 5.49. The van der Waals surface area contributed by atoms with Gasteiger partial charge in [-0.25, -0.2) is 4.39 Å². The number of nitro groups is 1. The molecule has 1 N–H and O–H groups in total. The summed E-state index contributed by atoms with van der Waals surface area (Å²) in [6, 6.07) is 0.963. The van der Waals surface area contributed by atoms with Crippen LogP contribution in [0.4, 0.5) is 14.5 Å². The van der Waals surface area contributed by atoms with Crippen molar-refractivity contribution in [3.8, 4) is 0 Å². The van der Waals surface area contributed by atoms with Crippen LogP contribution in [0.5, 0.6) is 0 Å². The zero-order valence-electron chi connectivity index (χ0n) is 10.7. The van der Waals surface area contributed by atoms with Crippen LogP contribution in [0.2, 0.25) is 0 Å². The molecule has 1 fully saturated rings. The Bertz CT molecular complexity index is 565. The van der Waals surface area contributed by atoms with Crippen molar-refractivity contribution in [2.75, 3.05) is 19.6 Å². The van der Waals surface area contributed by atoms with Crippen molar-refractivity contribution in [2.45, 2.75) is 13.0 Å². The molecule has 8 heteroatoms. The van der Waals surface area contributed by atoms with Crippen molar-refractivity contribution in [3.63, 3.8) is 0 Å². The van der Waals surface area contributed by atoms with Gasteiger partial charge in [0, 0.05) is 25.7 Å². The van der Waals surface area contributed by atoms with E-state index in [4.69, 9.17) is 0 Å². The minimum atomic E-state index is -1.30. The van der Waals surface area contributed by atoms with Crippen LogP contribution < -0.4 is 5.32 Å². The van der Waals surface area contributed by atoms with Crippen LogP contribution in [0, 0.1) is 21.7 Å². The van der Waals surface area contributed by atoms with Gasteiger partial charge in [-0.1, -0.05) is 0 Å². The third-order valence-corrected chi connectivity index (χ3v) is 3.21. The van der Waals surface area contributed by atoms with E-state index < -0.39 is 33.7 Å². The number of hydrogen-bond donors (Lipinski definition) is 1. The summed E-state index contributed by atoms with van der Waals surface area (Å²) in [5.41, 5.74) is -1.64. The quantitative estimate of drug-likeness (QED) is 0.656. The summed E-state index contributed by atoms with van der Waals surface area (Å²) in [7, 11) is 0. The smallest absolute Gasteiger partial charge is 0.308 e. The molecule has 108 valence electrons. The van der Waals surface area contributed by atoms with Crippen molar-refractivity contribution in [1.29, 1.82) is 0 Å². The van der Waals surface area contributed by atoms with Crippen molar-refractivity contribution in [1.82, 2.24) is 10.2 Å². The van der Waals surface area contributed by atoms with Gasteiger partial charge in [0.05, 0.1) is 16.6 Å². The van der Waals surface area contributed by atoms with Gasteiger partial charge in [-0.3, -0.25) is 14.9 Å². The first-order chi connectivity index (χ1) is 9.41. The molecule has 1 saturated heterocycles. The zero-order chi connectivity index (χ0) is 14.9. The molecule has 0 radical (unpaired) electrons. The molecule has 1 atom stereocenters. The molecule has 1 aliphatic rings. The second-order valence-electron chi connectivity index (χ2n) is 4.60. The lowest BCUT2D eigenvalue weighted by Crippen LogP contribution is -2.52. The average Bonchev–Trinajstić information content (AvgIpc) is 2.40. The molecule has 0 spiro atoms. The summed E-state index contributed by atoms with van der Waals surface area (Å²) >= 11 is 0. The number of nitrogens with zero attached hydrogens (tertiary/aromatic N) is 2. The standard InChI is InChI=1S/C12H13F2N3O3/c1-7-6-15-2-3-16(7)12(18)9-4-8(13)5-10(11(9)14)17(19)20/h4-5,7,15H,2-3,6H2,1H3. The van der Waals surface area contributed by atoms with Gasteiger partial charge in [-0.05, 0) is 13.0 Å². The molecule has 20 heavy (non-hydrogen) atoms. The summed E-state index contributed by atoms with van der Waals surface area (Å²) < 4.78 is 27.3. The van der Waals surface area contributed by atoms with E-state index in [0.29, 0.717) is 31.8 Å². The van der Waals surface area contributed by atoms with Crippen LogP contribution in [-0.2, 0) is 0 Å². The predicted molar refractivity (Wildman–Crippen MR) is 66.4 cm³/mol. The highest BCUT2D eigenvalue weighted by Crippen LogP contribution is 2.24. The van der Waals surface area contributed by atoms with E-state index in [1.165, 1.54) is 4.90 Å². The van der Waals surface area contributed by atoms with Gasteiger partial charge in [0.25, 0.3) is 5.91 Å². The van der Waals surface area contributed by atoms with E-state index in [1.54, 1.807) is 6.92 Å². The van der Waals surface area contributed by atoms with Gasteiger partial charge in [0.15, 0.2) is 0 Å². The molecular formula is C12H13F2N3O3. The number of piperazine rings is 1. The Hall–Kier alpha value is -2.09. The topological polar surface area (TPSA) is 75.5 Å². The average molecular weight is 285 g/mol. The van der Waals surface area contributed by atoms with Crippen molar-refractivity contribution < 1.29 is 18.5 Å². The number of nitro benzene ring substituents is 1. The SMILES string of the molecule is CC1CNCCN1C(=O)c1cc(F)cc([N+](=O)[O-])c1F. The molecule has 1 aromatic rings. The first-order valence-corrected chi connectivity index (χ1v) is 6.07. The molecular weight excluding hydrogens is 272 g/mol. The molecule has 2 rings (SSSR count). The Morgan fingerprint density at radius 2 is 2.20 bits per heavy atom. The molecule has 0 aliphatic carbocycles. The maximum atomic E-state index is 14.0. The molecule has 0 bridgehead atoms. The number of hydrogen-bond acceptors (Lipinski definition) is 4. The summed E-state index contributed by atoms with van der Waals surface area (Å²) in [4.78, 5) is 23.2. The highest BCUT2D eigenvalue weighted by atomic mass is 19.1. The van der Waals surface area contributed by atoms with E-state index in [0.717, 1.165) is 0 Å². The Balaban J connectivity index is 2.41. The predicted octanol–water partition coefficient (Wildman–Crippen LogP) is 1.31. The molecule has 0 saturated carbocycles. The van der Waals surface area contributed by atoms with Gasteiger partial charge in [0.1, 0.15) is 5.82 Å². The first kappa shape index (κ1) is 14.3. The minimum Gasteiger partial charge on any atom is -0.333 e. The van der Waals surface area contributed by atoms with Gasteiger partial charge in [-0.15, -0.1) is 0 Å². The lowest BCUT2D eigenvalue weighted by Gasteiger charge is -2.34. The van der Waals surface area contributed by atoms with Crippen LogP contribution in [0.25, 0.3) is 0 Å². The molecule has 1 heterocycles. The minimum absolute atomic E-state index is 0.196. The summed E-state index contributed by atoms with van der Waals surface area (Å²) in [6.45, 7) is 3.17. The Labute approximate surface area is 113 Å². The number of rotatable bonds is 2. The largest absolute Gasteiger partial charge is 0.333 e. The third kappa shape index (κ3) is 2.60. The van der Waals surface area contributed by atoms with E-state index in [1.807, 2.05) is 0 Å². The number of benzene rings is 1. The van der Waals surface area contributed by atoms with Crippen LogP contribution in [-0.4, -0.2) is 41.4 Å². The maximum Gasteiger partial charge on any atom is 0.308 e. The van der Waals surface area contributed by atoms with E-state index in [-0.39, 0.29) is 6.04 Å². The highest BCUT2D eigenvalue weighted by molar-refractivity contribution is 5.95. The lowest BCUT2D eigenvalue weighted by atomic mass is 10.1. The molecule has 6 nitrogen and oxygen atoms in total. The van der Waals surface area contributed by atoms with Gasteiger partial charge < -0.3 is 10.2 Å². The fourth-order valence-electron chi connectivity index (χ4n) is 2.16. The number of halogens is 2. The van der Waals surface area contributed by atoms with E-state index in [9.17, 15) is 23.7 Å².